The van der Waals surface area contributed by atoms with Gasteiger partial charge in [-0.2, -0.15) is 0 Å². The number of Topliss-reactive ketones (excluding diaryl/α,β-unsaturated/α-hetero) is 1. The molecule has 0 bridgehead atoms. The summed E-state index contributed by atoms with van der Waals surface area (Å²) in [7, 11) is 0. The van der Waals surface area contributed by atoms with Gasteiger partial charge in [0.25, 0.3) is 0 Å². The fourth-order valence-corrected chi connectivity index (χ4v) is 1.78. The van der Waals surface area contributed by atoms with Gasteiger partial charge < -0.3 is 0 Å². The Morgan fingerprint density at radius 1 is 1.58 bits per heavy atom. The normalized spacial score (nSPS) is 24.5. The summed E-state index contributed by atoms with van der Waals surface area (Å²) in [4.78, 5) is 11.2. The fourth-order valence-electron chi connectivity index (χ4n) is 1.78. The van der Waals surface area contributed by atoms with Crippen molar-refractivity contribution in [2.24, 2.45) is 5.92 Å². The van der Waals surface area contributed by atoms with Crippen LogP contribution in [0, 0.1) is 5.92 Å². The van der Waals surface area contributed by atoms with Gasteiger partial charge in [-0.05, 0) is 32.6 Å². The van der Waals surface area contributed by atoms with Crippen molar-refractivity contribution in [1.29, 1.82) is 0 Å². The van der Waals surface area contributed by atoms with Crippen LogP contribution >= 0.6 is 0 Å². The van der Waals surface area contributed by atoms with Crippen LogP contribution in [-0.2, 0) is 4.79 Å². The zero-order valence-corrected chi connectivity index (χ0v) is 8.10. The van der Waals surface area contributed by atoms with Crippen molar-refractivity contribution in [3.05, 3.63) is 11.6 Å². The highest BCUT2D eigenvalue weighted by atomic mass is 16.1. The van der Waals surface area contributed by atoms with E-state index in [1.807, 2.05) is 0 Å². The first-order chi connectivity index (χ1) is 5.74. The monoisotopic (exact) mass is 166 g/mol. The molecule has 0 saturated carbocycles. The van der Waals surface area contributed by atoms with Crippen molar-refractivity contribution < 1.29 is 4.79 Å². The van der Waals surface area contributed by atoms with Gasteiger partial charge in [0.05, 0.1) is 0 Å². The molecule has 1 heteroatoms. The topological polar surface area (TPSA) is 17.1 Å². The van der Waals surface area contributed by atoms with E-state index in [-0.39, 0.29) is 5.92 Å². The largest absolute Gasteiger partial charge is 0.299 e. The third-order valence-corrected chi connectivity index (χ3v) is 2.68. The van der Waals surface area contributed by atoms with Crippen LogP contribution in [0.25, 0.3) is 0 Å². The van der Waals surface area contributed by atoms with Gasteiger partial charge in [0.1, 0.15) is 5.78 Å². The lowest BCUT2D eigenvalue weighted by molar-refractivity contribution is -0.119. The van der Waals surface area contributed by atoms with E-state index >= 15 is 0 Å². The van der Waals surface area contributed by atoms with Gasteiger partial charge in [0, 0.05) is 5.92 Å². The summed E-state index contributed by atoms with van der Waals surface area (Å²) in [5.41, 5.74) is 1.48. The molecule has 1 rings (SSSR count). The number of carbonyl (C=O) groups excluding carboxylic acids is 1. The van der Waals surface area contributed by atoms with Gasteiger partial charge in [-0.25, -0.2) is 0 Å². The Hall–Kier alpha value is -0.590. The zero-order chi connectivity index (χ0) is 8.97. The van der Waals surface area contributed by atoms with Crippen molar-refractivity contribution in [3.63, 3.8) is 0 Å². The van der Waals surface area contributed by atoms with E-state index in [2.05, 4.69) is 13.0 Å². The Bertz CT molecular complexity index is 191. The molecular formula is C11H18O. The molecule has 1 atom stereocenters. The Balaban J connectivity index is 2.66. The van der Waals surface area contributed by atoms with Crippen molar-refractivity contribution in [2.45, 2.75) is 46.0 Å². The van der Waals surface area contributed by atoms with Crippen LogP contribution in [0.1, 0.15) is 46.0 Å². The molecule has 0 amide bonds. The molecule has 0 unspecified atom stereocenters. The zero-order valence-electron chi connectivity index (χ0n) is 8.10. The van der Waals surface area contributed by atoms with Crippen molar-refractivity contribution in [3.8, 4) is 0 Å². The standard InChI is InChI=1S/C11H18O/c1-3-10-6-4-5-7-11(8-10)9(2)12/h8,11H,3-7H2,1-2H3/t11-/m1/s1. The average molecular weight is 166 g/mol. The highest BCUT2D eigenvalue weighted by molar-refractivity contribution is 5.80. The first kappa shape index (κ1) is 9.50. The minimum absolute atomic E-state index is 0.224. The van der Waals surface area contributed by atoms with E-state index in [1.165, 1.54) is 24.8 Å². The second-order valence-corrected chi connectivity index (χ2v) is 3.64. The van der Waals surface area contributed by atoms with E-state index in [4.69, 9.17) is 0 Å². The van der Waals surface area contributed by atoms with Crippen LogP contribution < -0.4 is 0 Å². The predicted octanol–water partition coefficient (Wildman–Crippen LogP) is 3.10. The molecule has 0 aromatic rings. The molecule has 0 heterocycles. The van der Waals surface area contributed by atoms with Crippen LogP contribution in [0.15, 0.2) is 11.6 Å². The first-order valence-electron chi connectivity index (χ1n) is 4.94. The van der Waals surface area contributed by atoms with Crippen LogP contribution in [0.2, 0.25) is 0 Å². The smallest absolute Gasteiger partial charge is 0.136 e. The molecule has 0 aromatic heterocycles. The van der Waals surface area contributed by atoms with E-state index in [0.29, 0.717) is 5.78 Å². The lowest BCUT2D eigenvalue weighted by atomic mass is 9.98. The van der Waals surface area contributed by atoms with E-state index in [1.54, 1.807) is 6.92 Å². The second-order valence-electron chi connectivity index (χ2n) is 3.64. The summed E-state index contributed by atoms with van der Waals surface area (Å²) in [6.45, 7) is 3.88. The molecule has 0 spiro atoms. The van der Waals surface area contributed by atoms with Crippen LogP contribution in [0.4, 0.5) is 0 Å². The molecule has 0 aliphatic heterocycles. The van der Waals surface area contributed by atoms with Gasteiger partial charge in [-0.3, -0.25) is 4.79 Å². The van der Waals surface area contributed by atoms with Crippen molar-refractivity contribution in [2.75, 3.05) is 0 Å². The first-order valence-corrected chi connectivity index (χ1v) is 4.94. The Morgan fingerprint density at radius 3 is 2.92 bits per heavy atom. The van der Waals surface area contributed by atoms with Crippen LogP contribution in [0.3, 0.4) is 0 Å². The van der Waals surface area contributed by atoms with Crippen molar-refractivity contribution in [1.82, 2.24) is 0 Å². The Kier molecular flexibility index (Phi) is 3.51. The van der Waals surface area contributed by atoms with Crippen molar-refractivity contribution >= 4 is 5.78 Å². The number of rotatable bonds is 2. The maximum Gasteiger partial charge on any atom is 0.136 e. The summed E-state index contributed by atoms with van der Waals surface area (Å²) >= 11 is 0. The quantitative estimate of drug-likeness (QED) is 0.576. The summed E-state index contributed by atoms with van der Waals surface area (Å²) in [6.07, 6.45) is 8.08. The van der Waals surface area contributed by atoms with Gasteiger partial charge in [-0.1, -0.05) is 25.0 Å². The molecule has 12 heavy (non-hydrogen) atoms. The third-order valence-electron chi connectivity index (χ3n) is 2.68. The highest BCUT2D eigenvalue weighted by Crippen LogP contribution is 2.24. The molecule has 68 valence electrons. The minimum atomic E-state index is 0.224. The van der Waals surface area contributed by atoms with Gasteiger partial charge in [0.2, 0.25) is 0 Å². The maximum absolute atomic E-state index is 11.2. The lowest BCUT2D eigenvalue weighted by Crippen LogP contribution is -2.07. The van der Waals surface area contributed by atoms with Gasteiger partial charge in [-0.15, -0.1) is 0 Å². The van der Waals surface area contributed by atoms with Crippen LogP contribution in [-0.4, -0.2) is 5.78 Å². The molecule has 0 radical (unpaired) electrons. The van der Waals surface area contributed by atoms with E-state index in [9.17, 15) is 4.79 Å². The number of hydrogen-bond acceptors (Lipinski definition) is 1. The molecule has 1 nitrogen and oxygen atoms in total. The van der Waals surface area contributed by atoms with E-state index < -0.39 is 0 Å². The minimum Gasteiger partial charge on any atom is -0.299 e. The number of carbonyl (C=O) groups is 1. The molecule has 0 aromatic carbocycles. The molecule has 0 fully saturated rings. The summed E-state index contributed by atoms with van der Waals surface area (Å²) < 4.78 is 0. The number of hydrogen-bond donors (Lipinski definition) is 0. The molecular weight excluding hydrogens is 148 g/mol. The fraction of sp³-hybridized carbons (Fsp3) is 0.727. The molecule has 0 saturated heterocycles. The number of ketones is 1. The third kappa shape index (κ3) is 2.47. The predicted molar refractivity (Wildman–Crippen MR) is 51.0 cm³/mol. The number of allylic oxidation sites excluding steroid dienone is 2. The van der Waals surface area contributed by atoms with Gasteiger partial charge in [0.15, 0.2) is 0 Å². The molecule has 1 aliphatic rings. The van der Waals surface area contributed by atoms with Crippen LogP contribution in [0.5, 0.6) is 0 Å². The summed E-state index contributed by atoms with van der Waals surface area (Å²) in [5, 5.41) is 0. The van der Waals surface area contributed by atoms with E-state index in [0.717, 1.165) is 12.8 Å². The second kappa shape index (κ2) is 4.44. The Labute approximate surface area is 74.9 Å². The molecule has 1 aliphatic carbocycles. The lowest BCUT2D eigenvalue weighted by Gasteiger charge is -2.05. The Morgan fingerprint density at radius 2 is 2.33 bits per heavy atom. The van der Waals surface area contributed by atoms with Gasteiger partial charge >= 0.3 is 0 Å². The summed E-state index contributed by atoms with van der Waals surface area (Å²) in [6, 6.07) is 0. The average Bonchev–Trinajstić information content (AvgIpc) is 2.28. The highest BCUT2D eigenvalue weighted by Gasteiger charge is 2.14. The molecule has 0 N–H and O–H groups in total. The SMILES string of the molecule is CCC1=C[C@H](C(C)=O)CCCC1. The summed E-state index contributed by atoms with van der Waals surface area (Å²) in [5.74, 6) is 0.560. The maximum atomic E-state index is 11.2.